The summed E-state index contributed by atoms with van der Waals surface area (Å²) in [5.74, 6) is 0.360. The second-order valence-corrected chi connectivity index (χ2v) is 4.77. The molecule has 0 fully saturated rings. The normalized spacial score (nSPS) is 10.8. The summed E-state index contributed by atoms with van der Waals surface area (Å²) in [5, 5.41) is 0.826. The number of Topliss-reactive ketones (excluding diaryl/α,β-unsaturated/α-hetero) is 1. The fraction of sp³-hybridized carbons (Fsp3) is 0.0769. The van der Waals surface area contributed by atoms with Crippen LogP contribution < -0.4 is 0 Å². The summed E-state index contributed by atoms with van der Waals surface area (Å²) in [6.45, 7) is 0. The molecule has 84 valence electrons. The smallest absolute Gasteiger partial charge is 0.204 e. The van der Waals surface area contributed by atoms with Crippen LogP contribution in [0.5, 0.6) is 0 Å². The SMILES string of the molecule is O=C(Cc1nc2ccccc2s1)c1ccco1. The highest BCUT2D eigenvalue weighted by Crippen LogP contribution is 2.22. The van der Waals surface area contributed by atoms with Gasteiger partial charge in [0, 0.05) is 0 Å². The molecule has 3 aromatic rings. The summed E-state index contributed by atoms with van der Waals surface area (Å²) >= 11 is 1.55. The minimum absolute atomic E-state index is 0.0333. The quantitative estimate of drug-likeness (QED) is 0.663. The number of nitrogens with zero attached hydrogens (tertiary/aromatic N) is 1. The summed E-state index contributed by atoms with van der Waals surface area (Å²) in [5.41, 5.74) is 0.944. The van der Waals surface area contributed by atoms with Crippen molar-refractivity contribution in [3.8, 4) is 0 Å². The molecule has 1 aromatic carbocycles. The van der Waals surface area contributed by atoms with Crippen LogP contribution in [0.2, 0.25) is 0 Å². The van der Waals surface area contributed by atoms with E-state index in [4.69, 9.17) is 4.42 Å². The number of carbonyl (C=O) groups excluding carboxylic acids is 1. The second-order valence-electron chi connectivity index (χ2n) is 3.65. The van der Waals surface area contributed by atoms with Gasteiger partial charge in [-0.25, -0.2) is 4.98 Å². The predicted octanol–water partition coefficient (Wildman–Crippen LogP) is 3.31. The van der Waals surface area contributed by atoms with Crippen LogP contribution in [0.4, 0.5) is 0 Å². The van der Waals surface area contributed by atoms with E-state index in [1.165, 1.54) is 6.26 Å². The van der Waals surface area contributed by atoms with E-state index in [9.17, 15) is 4.79 Å². The molecule has 4 heteroatoms. The van der Waals surface area contributed by atoms with Crippen LogP contribution in [0.25, 0.3) is 10.2 Å². The molecule has 3 rings (SSSR count). The molecule has 0 spiro atoms. The maximum atomic E-state index is 11.8. The Bertz CT molecular complexity index is 622. The number of ketones is 1. The first-order valence-electron chi connectivity index (χ1n) is 5.24. The highest BCUT2D eigenvalue weighted by atomic mass is 32.1. The minimum atomic E-state index is -0.0333. The fourth-order valence-corrected chi connectivity index (χ4v) is 2.62. The molecule has 0 bridgehead atoms. The van der Waals surface area contributed by atoms with Crippen molar-refractivity contribution in [2.45, 2.75) is 6.42 Å². The minimum Gasteiger partial charge on any atom is -0.461 e. The Morgan fingerprint density at radius 1 is 1.24 bits per heavy atom. The molecule has 3 nitrogen and oxygen atoms in total. The third-order valence-electron chi connectivity index (χ3n) is 2.45. The van der Waals surface area contributed by atoms with Gasteiger partial charge in [0.2, 0.25) is 5.78 Å². The zero-order valence-electron chi connectivity index (χ0n) is 8.92. The number of carbonyl (C=O) groups is 1. The van der Waals surface area contributed by atoms with Gasteiger partial charge in [0.05, 0.1) is 22.9 Å². The van der Waals surface area contributed by atoms with Gasteiger partial charge in [-0.05, 0) is 24.3 Å². The number of aromatic nitrogens is 1. The lowest BCUT2D eigenvalue weighted by Crippen LogP contribution is -2.01. The van der Waals surface area contributed by atoms with Gasteiger partial charge in [-0.2, -0.15) is 0 Å². The third kappa shape index (κ3) is 1.99. The first kappa shape index (κ1) is 10.2. The fourth-order valence-electron chi connectivity index (χ4n) is 1.66. The van der Waals surface area contributed by atoms with E-state index in [0.717, 1.165) is 15.2 Å². The van der Waals surface area contributed by atoms with Crippen molar-refractivity contribution in [1.29, 1.82) is 0 Å². The first-order chi connectivity index (χ1) is 8.33. The number of rotatable bonds is 3. The van der Waals surface area contributed by atoms with Gasteiger partial charge >= 0.3 is 0 Å². The Morgan fingerprint density at radius 3 is 2.88 bits per heavy atom. The third-order valence-corrected chi connectivity index (χ3v) is 3.48. The van der Waals surface area contributed by atoms with E-state index in [2.05, 4.69) is 4.98 Å². The summed E-state index contributed by atoms with van der Waals surface area (Å²) in [4.78, 5) is 16.2. The predicted molar refractivity (Wildman–Crippen MR) is 66.4 cm³/mol. The summed E-state index contributed by atoms with van der Waals surface area (Å²) in [6.07, 6.45) is 1.80. The number of hydrogen-bond acceptors (Lipinski definition) is 4. The topological polar surface area (TPSA) is 43.1 Å². The van der Waals surface area contributed by atoms with Crippen molar-refractivity contribution in [3.63, 3.8) is 0 Å². The molecule has 0 aliphatic carbocycles. The zero-order valence-corrected chi connectivity index (χ0v) is 9.74. The van der Waals surface area contributed by atoms with Crippen LogP contribution in [0.1, 0.15) is 15.6 Å². The van der Waals surface area contributed by atoms with E-state index >= 15 is 0 Å². The molecular formula is C13H9NO2S. The maximum absolute atomic E-state index is 11.8. The zero-order chi connectivity index (χ0) is 11.7. The van der Waals surface area contributed by atoms with Crippen LogP contribution in [-0.2, 0) is 6.42 Å². The van der Waals surface area contributed by atoms with Gasteiger partial charge in [0.15, 0.2) is 5.76 Å². The van der Waals surface area contributed by atoms with Crippen molar-refractivity contribution in [2.75, 3.05) is 0 Å². The molecule has 2 heterocycles. The highest BCUT2D eigenvalue weighted by Gasteiger charge is 2.12. The van der Waals surface area contributed by atoms with Crippen molar-refractivity contribution >= 4 is 27.3 Å². The van der Waals surface area contributed by atoms with Crippen molar-refractivity contribution in [2.24, 2.45) is 0 Å². The molecule has 0 unspecified atom stereocenters. The molecular weight excluding hydrogens is 234 g/mol. The maximum Gasteiger partial charge on any atom is 0.204 e. The summed E-state index contributed by atoms with van der Waals surface area (Å²) in [7, 11) is 0. The average Bonchev–Trinajstić information content (AvgIpc) is 2.97. The molecule has 0 aliphatic heterocycles. The van der Waals surface area contributed by atoms with E-state index in [1.54, 1.807) is 23.5 Å². The summed E-state index contributed by atoms with van der Waals surface area (Å²) in [6, 6.07) is 11.3. The van der Waals surface area contributed by atoms with Crippen LogP contribution in [0.3, 0.4) is 0 Å². The van der Waals surface area contributed by atoms with E-state index in [0.29, 0.717) is 12.2 Å². The van der Waals surface area contributed by atoms with Gasteiger partial charge in [0.25, 0.3) is 0 Å². The van der Waals surface area contributed by atoms with E-state index < -0.39 is 0 Å². The monoisotopic (exact) mass is 243 g/mol. The largest absolute Gasteiger partial charge is 0.461 e. The lowest BCUT2D eigenvalue weighted by molar-refractivity contribution is 0.0966. The number of para-hydroxylation sites is 1. The van der Waals surface area contributed by atoms with Gasteiger partial charge in [-0.1, -0.05) is 12.1 Å². The molecule has 0 aliphatic rings. The molecule has 0 saturated carbocycles. The van der Waals surface area contributed by atoms with Gasteiger partial charge in [-0.15, -0.1) is 11.3 Å². The Morgan fingerprint density at radius 2 is 2.12 bits per heavy atom. The van der Waals surface area contributed by atoms with Crippen LogP contribution in [-0.4, -0.2) is 10.8 Å². The van der Waals surface area contributed by atoms with E-state index in [-0.39, 0.29) is 5.78 Å². The number of hydrogen-bond donors (Lipinski definition) is 0. The lowest BCUT2D eigenvalue weighted by atomic mass is 10.2. The highest BCUT2D eigenvalue weighted by molar-refractivity contribution is 7.18. The number of thiazole rings is 1. The first-order valence-corrected chi connectivity index (χ1v) is 6.06. The average molecular weight is 243 g/mol. The number of furan rings is 1. The van der Waals surface area contributed by atoms with Crippen LogP contribution >= 0.6 is 11.3 Å². The van der Waals surface area contributed by atoms with Crippen LogP contribution in [0.15, 0.2) is 47.1 Å². The molecule has 0 N–H and O–H groups in total. The Kier molecular flexibility index (Phi) is 2.49. The van der Waals surface area contributed by atoms with Gasteiger partial charge in [0.1, 0.15) is 5.01 Å². The standard InChI is InChI=1S/C13H9NO2S/c15-10(11-5-3-7-16-11)8-13-14-9-4-1-2-6-12(9)17-13/h1-7H,8H2. The Labute approximate surface area is 102 Å². The molecule has 0 amide bonds. The molecule has 0 radical (unpaired) electrons. The second kappa shape index (κ2) is 4.14. The molecule has 17 heavy (non-hydrogen) atoms. The van der Waals surface area contributed by atoms with Crippen LogP contribution in [0, 0.1) is 0 Å². The number of benzene rings is 1. The molecule has 0 atom stereocenters. The van der Waals surface area contributed by atoms with Crippen molar-refractivity contribution in [3.05, 3.63) is 53.4 Å². The summed E-state index contributed by atoms with van der Waals surface area (Å²) < 4.78 is 6.18. The van der Waals surface area contributed by atoms with Crippen molar-refractivity contribution < 1.29 is 9.21 Å². The van der Waals surface area contributed by atoms with E-state index in [1.807, 2.05) is 24.3 Å². The Balaban J connectivity index is 1.88. The molecule has 0 saturated heterocycles. The van der Waals surface area contributed by atoms with Gasteiger partial charge < -0.3 is 4.42 Å². The number of fused-ring (bicyclic) bond motifs is 1. The van der Waals surface area contributed by atoms with Crippen molar-refractivity contribution in [1.82, 2.24) is 4.98 Å². The Hall–Kier alpha value is -1.94. The molecule has 2 aromatic heterocycles. The lowest BCUT2D eigenvalue weighted by Gasteiger charge is -1.92. The van der Waals surface area contributed by atoms with Gasteiger partial charge in [-0.3, -0.25) is 4.79 Å².